The van der Waals surface area contributed by atoms with Gasteiger partial charge in [-0.3, -0.25) is 4.79 Å². The van der Waals surface area contributed by atoms with Crippen LogP contribution in [0.1, 0.15) is 18.3 Å². The molecule has 0 unspecified atom stereocenters. The van der Waals surface area contributed by atoms with Gasteiger partial charge >= 0.3 is 0 Å². The fraction of sp³-hybridized carbons (Fsp3) is 0.467. The van der Waals surface area contributed by atoms with Crippen LogP contribution < -0.4 is 10.6 Å². The van der Waals surface area contributed by atoms with Gasteiger partial charge in [0.15, 0.2) is 0 Å². The van der Waals surface area contributed by atoms with Crippen LogP contribution >= 0.6 is 24.8 Å². The molecule has 2 N–H and O–H groups in total. The van der Waals surface area contributed by atoms with E-state index in [0.29, 0.717) is 19.7 Å². The number of hydrogen-bond donors (Lipinski definition) is 2. The van der Waals surface area contributed by atoms with E-state index in [0.717, 1.165) is 17.0 Å². The van der Waals surface area contributed by atoms with Gasteiger partial charge in [-0.2, -0.15) is 0 Å². The number of imidazole rings is 1. The largest absolute Gasteiger partial charge is 0.375 e. The smallest absolute Gasteiger partial charge is 0.240 e. The van der Waals surface area contributed by atoms with E-state index < -0.39 is 0 Å². The van der Waals surface area contributed by atoms with Crippen LogP contribution in [0, 0.1) is 6.92 Å². The van der Waals surface area contributed by atoms with Crippen LogP contribution in [0.4, 0.5) is 0 Å². The SMILES string of the molecule is Cc1cccc2nc(CNC(=O)[C@H]3NCCO[C@@H]3C)cn12.Cl.Cl. The van der Waals surface area contributed by atoms with Gasteiger partial charge < -0.3 is 19.8 Å². The molecule has 1 amide bonds. The first-order chi connectivity index (χ1) is 10.1. The zero-order valence-electron chi connectivity index (χ0n) is 13.1. The number of morpholine rings is 1. The van der Waals surface area contributed by atoms with E-state index in [9.17, 15) is 4.79 Å². The number of rotatable bonds is 3. The lowest BCUT2D eigenvalue weighted by Crippen LogP contribution is -2.55. The third-order valence-corrected chi connectivity index (χ3v) is 3.79. The minimum Gasteiger partial charge on any atom is -0.375 e. The Kier molecular flexibility index (Phi) is 7.28. The lowest BCUT2D eigenvalue weighted by Gasteiger charge is -2.29. The van der Waals surface area contributed by atoms with Gasteiger partial charge in [0.05, 0.1) is 24.9 Å². The van der Waals surface area contributed by atoms with E-state index in [1.54, 1.807) is 0 Å². The molecule has 1 aliphatic heterocycles. The van der Waals surface area contributed by atoms with Crippen LogP contribution in [0.25, 0.3) is 5.65 Å². The summed E-state index contributed by atoms with van der Waals surface area (Å²) in [4.78, 5) is 16.7. The highest BCUT2D eigenvalue weighted by Gasteiger charge is 2.28. The van der Waals surface area contributed by atoms with Crippen LogP contribution in [0.5, 0.6) is 0 Å². The van der Waals surface area contributed by atoms with Gasteiger partial charge in [0.25, 0.3) is 0 Å². The Labute approximate surface area is 147 Å². The predicted molar refractivity (Wildman–Crippen MR) is 93.5 cm³/mol. The zero-order valence-corrected chi connectivity index (χ0v) is 14.7. The minimum atomic E-state index is -0.294. The number of nitrogens with one attached hydrogen (secondary N) is 2. The third-order valence-electron chi connectivity index (χ3n) is 3.79. The van der Waals surface area contributed by atoms with Crippen LogP contribution in [0.2, 0.25) is 0 Å². The number of carbonyl (C=O) groups excluding carboxylic acids is 1. The van der Waals surface area contributed by atoms with Gasteiger partial charge in [-0.15, -0.1) is 24.8 Å². The van der Waals surface area contributed by atoms with Gasteiger partial charge in [-0.1, -0.05) is 6.07 Å². The number of hydrogen-bond acceptors (Lipinski definition) is 4. The van der Waals surface area contributed by atoms with Gasteiger partial charge in [0, 0.05) is 18.4 Å². The summed E-state index contributed by atoms with van der Waals surface area (Å²) < 4.78 is 7.50. The average Bonchev–Trinajstić information content (AvgIpc) is 2.90. The van der Waals surface area contributed by atoms with E-state index in [2.05, 4.69) is 15.6 Å². The quantitative estimate of drug-likeness (QED) is 0.869. The summed E-state index contributed by atoms with van der Waals surface area (Å²) in [5.74, 6) is -0.0454. The molecule has 23 heavy (non-hydrogen) atoms. The predicted octanol–water partition coefficient (Wildman–Crippen LogP) is 1.48. The molecule has 1 fully saturated rings. The molecule has 128 valence electrons. The summed E-state index contributed by atoms with van der Waals surface area (Å²) in [6.45, 7) is 5.71. The monoisotopic (exact) mass is 360 g/mol. The molecule has 0 radical (unpaired) electrons. The molecule has 2 aromatic heterocycles. The maximum Gasteiger partial charge on any atom is 0.240 e. The van der Waals surface area contributed by atoms with Gasteiger partial charge in [-0.05, 0) is 26.0 Å². The second-order valence-corrected chi connectivity index (χ2v) is 5.35. The molecule has 8 heteroatoms. The number of carbonyl (C=O) groups is 1. The lowest BCUT2D eigenvalue weighted by atomic mass is 10.1. The highest BCUT2D eigenvalue weighted by atomic mass is 35.5. The van der Waals surface area contributed by atoms with Crippen molar-refractivity contribution in [3.63, 3.8) is 0 Å². The van der Waals surface area contributed by atoms with Crippen LogP contribution in [-0.4, -0.2) is 40.6 Å². The molecular formula is C15H22Cl2N4O2. The molecule has 6 nitrogen and oxygen atoms in total. The molecule has 1 aliphatic rings. The number of aromatic nitrogens is 2. The van der Waals surface area contributed by atoms with Crippen molar-refractivity contribution in [1.82, 2.24) is 20.0 Å². The van der Waals surface area contributed by atoms with Gasteiger partial charge in [-0.25, -0.2) is 4.98 Å². The first-order valence-electron chi connectivity index (χ1n) is 7.21. The summed E-state index contributed by atoms with van der Waals surface area (Å²) in [5.41, 5.74) is 2.86. The maximum absolute atomic E-state index is 12.2. The summed E-state index contributed by atoms with van der Waals surface area (Å²) >= 11 is 0. The molecule has 3 rings (SSSR count). The second kappa shape index (κ2) is 8.49. The first kappa shape index (κ1) is 19.7. The number of halogens is 2. The topological polar surface area (TPSA) is 67.7 Å². The highest BCUT2D eigenvalue weighted by molar-refractivity contribution is 5.85. The molecule has 1 saturated heterocycles. The number of fused-ring (bicyclic) bond motifs is 1. The Morgan fingerprint density at radius 2 is 2.26 bits per heavy atom. The number of nitrogens with zero attached hydrogens (tertiary/aromatic N) is 2. The van der Waals surface area contributed by atoms with E-state index in [1.807, 2.05) is 42.6 Å². The molecule has 0 aliphatic carbocycles. The minimum absolute atomic E-state index is 0. The van der Waals surface area contributed by atoms with Gasteiger partial charge in [0.1, 0.15) is 11.7 Å². The Bertz CT molecular complexity index is 662. The second-order valence-electron chi connectivity index (χ2n) is 5.35. The number of ether oxygens (including phenoxy) is 1. The molecule has 3 heterocycles. The van der Waals surface area contributed by atoms with Crippen molar-refractivity contribution in [2.24, 2.45) is 0 Å². The van der Waals surface area contributed by atoms with E-state index in [4.69, 9.17) is 4.74 Å². The van der Waals surface area contributed by atoms with E-state index >= 15 is 0 Å². The molecule has 0 spiro atoms. The normalized spacial score (nSPS) is 20.4. The van der Waals surface area contributed by atoms with Crippen molar-refractivity contribution in [2.45, 2.75) is 32.5 Å². The van der Waals surface area contributed by atoms with Gasteiger partial charge in [0.2, 0.25) is 5.91 Å². The zero-order chi connectivity index (χ0) is 14.8. The van der Waals surface area contributed by atoms with Crippen molar-refractivity contribution in [3.05, 3.63) is 35.8 Å². The Hall–Kier alpha value is -1.34. The van der Waals surface area contributed by atoms with Crippen LogP contribution in [0.3, 0.4) is 0 Å². The molecular weight excluding hydrogens is 339 g/mol. The molecule has 0 saturated carbocycles. The van der Waals surface area contributed by atoms with E-state index in [1.165, 1.54) is 0 Å². The van der Waals surface area contributed by atoms with Crippen molar-refractivity contribution in [3.8, 4) is 0 Å². The fourth-order valence-corrected chi connectivity index (χ4v) is 2.60. The van der Waals surface area contributed by atoms with Crippen LogP contribution in [-0.2, 0) is 16.1 Å². The molecule has 2 aromatic rings. The Balaban J connectivity index is 0.00000132. The fourth-order valence-electron chi connectivity index (χ4n) is 2.60. The van der Waals surface area contributed by atoms with E-state index in [-0.39, 0.29) is 42.9 Å². The molecule has 2 atom stereocenters. The standard InChI is InChI=1S/C15H20N4O2.2ClH/c1-10-4-3-5-13-18-12(9-19(10)13)8-17-15(20)14-11(2)21-7-6-16-14;;/h3-5,9,11,14,16H,6-8H2,1-2H3,(H,17,20);2*1H/t11-,14+;;/m1../s1. The molecule has 0 bridgehead atoms. The highest BCUT2D eigenvalue weighted by Crippen LogP contribution is 2.09. The number of amides is 1. The Morgan fingerprint density at radius 3 is 2.96 bits per heavy atom. The van der Waals surface area contributed by atoms with Crippen molar-refractivity contribution >= 4 is 36.4 Å². The average molecular weight is 361 g/mol. The first-order valence-corrected chi connectivity index (χ1v) is 7.21. The van der Waals surface area contributed by atoms with Crippen LogP contribution in [0.15, 0.2) is 24.4 Å². The number of pyridine rings is 1. The van der Waals surface area contributed by atoms with Crippen molar-refractivity contribution < 1.29 is 9.53 Å². The Morgan fingerprint density at radius 1 is 1.48 bits per heavy atom. The number of aryl methyl sites for hydroxylation is 1. The summed E-state index contributed by atoms with van der Waals surface area (Å²) in [7, 11) is 0. The third kappa shape index (κ3) is 4.35. The lowest BCUT2D eigenvalue weighted by molar-refractivity contribution is -0.129. The summed E-state index contributed by atoms with van der Waals surface area (Å²) in [6.07, 6.45) is 1.85. The molecule has 0 aromatic carbocycles. The van der Waals surface area contributed by atoms with Crippen molar-refractivity contribution in [2.75, 3.05) is 13.2 Å². The summed E-state index contributed by atoms with van der Waals surface area (Å²) in [5, 5.41) is 6.10. The summed E-state index contributed by atoms with van der Waals surface area (Å²) in [6, 6.07) is 5.67. The van der Waals surface area contributed by atoms with Crippen molar-refractivity contribution in [1.29, 1.82) is 0 Å². The maximum atomic E-state index is 12.2.